The maximum atomic E-state index is 11.4. The van der Waals surface area contributed by atoms with Crippen LogP contribution in [0, 0.1) is 0 Å². The molecule has 0 amide bonds. The second kappa shape index (κ2) is 10.5. The Morgan fingerprint density at radius 3 is 2.60 bits per heavy atom. The third-order valence-corrected chi connectivity index (χ3v) is 5.94. The lowest BCUT2D eigenvalue weighted by Crippen LogP contribution is -2.14. The minimum atomic E-state index is -3.61. The number of sulfonamides is 1. The predicted molar refractivity (Wildman–Crippen MR) is 143 cm³/mol. The molecular formula is C23H29ClN8O2S. The van der Waals surface area contributed by atoms with Gasteiger partial charge in [0.1, 0.15) is 5.82 Å². The van der Waals surface area contributed by atoms with Gasteiger partial charge in [-0.3, -0.25) is 0 Å². The van der Waals surface area contributed by atoms with Crippen LogP contribution in [0.3, 0.4) is 0 Å². The first-order valence-electron chi connectivity index (χ1n) is 10.8. The Kier molecular flexibility index (Phi) is 7.83. The number of aryl methyl sites for hydroxylation is 1. The summed E-state index contributed by atoms with van der Waals surface area (Å²) in [4.78, 5) is 15.6. The number of halogens is 1. The minimum absolute atomic E-state index is 0. The van der Waals surface area contributed by atoms with Crippen LogP contribution in [0.2, 0.25) is 0 Å². The molecule has 0 aliphatic carbocycles. The van der Waals surface area contributed by atoms with Crippen molar-refractivity contribution in [1.29, 1.82) is 0 Å². The van der Waals surface area contributed by atoms with Crippen molar-refractivity contribution in [2.75, 3.05) is 22.6 Å². The second-order valence-electron chi connectivity index (χ2n) is 8.40. The molecule has 0 saturated carbocycles. The van der Waals surface area contributed by atoms with Crippen molar-refractivity contribution in [2.45, 2.75) is 25.6 Å². The molecule has 35 heavy (non-hydrogen) atoms. The van der Waals surface area contributed by atoms with Gasteiger partial charge in [-0.1, -0.05) is 12.1 Å². The second-order valence-corrected chi connectivity index (χ2v) is 10.0. The van der Waals surface area contributed by atoms with E-state index in [1.165, 1.54) is 0 Å². The molecule has 0 bridgehead atoms. The van der Waals surface area contributed by atoms with Crippen LogP contribution < -0.4 is 20.7 Å². The number of imidazole rings is 1. The van der Waals surface area contributed by atoms with Gasteiger partial charge in [0.25, 0.3) is 0 Å². The molecular weight excluding hydrogens is 488 g/mol. The van der Waals surface area contributed by atoms with E-state index >= 15 is 0 Å². The summed E-state index contributed by atoms with van der Waals surface area (Å²) in [5, 5.41) is 11.6. The van der Waals surface area contributed by atoms with Gasteiger partial charge in [-0.25, -0.2) is 23.5 Å². The number of nitrogens with two attached hydrogens (primary N) is 1. The molecule has 0 unspecified atom stereocenters. The largest absolute Gasteiger partial charge is 0.353 e. The Balaban J connectivity index is 0.00000342. The van der Waals surface area contributed by atoms with E-state index in [1.807, 2.05) is 53.9 Å². The average molecular weight is 517 g/mol. The van der Waals surface area contributed by atoms with Gasteiger partial charge in [-0.15, -0.1) is 12.4 Å². The highest BCUT2D eigenvalue weighted by atomic mass is 35.5. The number of anilines is 5. The van der Waals surface area contributed by atoms with Gasteiger partial charge in [-0.2, -0.15) is 4.98 Å². The highest BCUT2D eigenvalue weighted by Crippen LogP contribution is 2.28. The van der Waals surface area contributed by atoms with E-state index in [2.05, 4.69) is 34.4 Å². The van der Waals surface area contributed by atoms with E-state index in [0.717, 1.165) is 22.7 Å². The summed E-state index contributed by atoms with van der Waals surface area (Å²) in [5.41, 5.74) is 4.09. The van der Waals surface area contributed by atoms with Crippen LogP contribution in [-0.4, -0.2) is 41.0 Å². The zero-order valence-electron chi connectivity index (χ0n) is 19.9. The number of hydrogen-bond acceptors (Lipinski definition) is 8. The first-order valence-corrected chi connectivity index (χ1v) is 12.5. The normalized spacial score (nSPS) is 11.4. The lowest BCUT2D eigenvalue weighted by atomic mass is 10.2. The molecule has 12 heteroatoms. The number of nitrogens with one attached hydrogen (secondary N) is 2. The van der Waals surface area contributed by atoms with Gasteiger partial charge in [0.15, 0.2) is 0 Å². The van der Waals surface area contributed by atoms with Gasteiger partial charge >= 0.3 is 0 Å². The topological polar surface area (TPSA) is 131 Å². The van der Waals surface area contributed by atoms with Crippen LogP contribution in [0.15, 0.2) is 54.7 Å². The van der Waals surface area contributed by atoms with Crippen LogP contribution in [0.5, 0.6) is 0 Å². The van der Waals surface area contributed by atoms with E-state index < -0.39 is 10.0 Å². The zero-order valence-corrected chi connectivity index (χ0v) is 21.6. The van der Waals surface area contributed by atoms with E-state index in [1.54, 1.807) is 24.4 Å². The van der Waals surface area contributed by atoms with Gasteiger partial charge in [-0.05, 0) is 55.8 Å². The summed E-state index contributed by atoms with van der Waals surface area (Å²) in [6, 6.07) is 15.2. The van der Waals surface area contributed by atoms with E-state index in [0.29, 0.717) is 23.0 Å². The molecule has 4 aromatic rings. The molecule has 0 aliphatic heterocycles. The monoisotopic (exact) mass is 516 g/mol. The third kappa shape index (κ3) is 6.38. The lowest BCUT2D eigenvalue weighted by molar-refractivity contribution is 0.597. The van der Waals surface area contributed by atoms with Crippen molar-refractivity contribution in [1.82, 2.24) is 19.5 Å². The molecule has 4 rings (SSSR count). The van der Waals surface area contributed by atoms with Gasteiger partial charge in [0.05, 0.1) is 16.8 Å². The van der Waals surface area contributed by atoms with Crippen molar-refractivity contribution in [3.05, 3.63) is 60.3 Å². The molecule has 0 spiro atoms. The molecule has 0 aliphatic rings. The SMILES string of the molecule is CC(C)Nc1nc2cc(N(C)c3ccnc(Nc4cccc(CS(N)(=O)=O)c4)n3)ccc2n1C.Cl. The number of hydrogen-bond donors (Lipinski definition) is 3. The van der Waals surface area contributed by atoms with Gasteiger partial charge in [0, 0.05) is 37.7 Å². The average Bonchev–Trinajstić information content (AvgIpc) is 3.06. The first kappa shape index (κ1) is 26.2. The maximum Gasteiger partial charge on any atom is 0.229 e. The van der Waals surface area contributed by atoms with Crippen LogP contribution in [0.25, 0.3) is 11.0 Å². The molecule has 0 fully saturated rings. The number of rotatable bonds is 8. The molecule has 0 atom stereocenters. The standard InChI is InChI=1S/C23H28N8O2S.ClH/c1-15(2)26-23-28-19-13-18(8-9-20(19)31(23)4)30(3)21-10-11-25-22(29-21)27-17-7-5-6-16(12-17)14-34(24,32)33;/h5-13,15H,14H2,1-4H3,(H,26,28)(H2,24,32,33)(H,25,27,29);1H. The number of benzene rings is 2. The fraction of sp³-hybridized carbons (Fsp3) is 0.261. The molecule has 2 aromatic carbocycles. The van der Waals surface area contributed by atoms with Crippen molar-refractivity contribution in [2.24, 2.45) is 12.2 Å². The van der Waals surface area contributed by atoms with Crippen LogP contribution in [-0.2, 0) is 22.8 Å². The predicted octanol–water partition coefficient (Wildman–Crippen LogP) is 3.91. The Hall–Kier alpha value is -3.41. The Labute approximate surface area is 211 Å². The summed E-state index contributed by atoms with van der Waals surface area (Å²) in [6.07, 6.45) is 1.67. The molecule has 4 N–H and O–H groups in total. The van der Waals surface area contributed by atoms with Crippen LogP contribution in [0.1, 0.15) is 19.4 Å². The first-order chi connectivity index (χ1) is 16.1. The number of fused-ring (bicyclic) bond motifs is 1. The Morgan fingerprint density at radius 1 is 1.11 bits per heavy atom. The fourth-order valence-corrected chi connectivity index (χ4v) is 4.26. The van der Waals surface area contributed by atoms with Crippen molar-refractivity contribution >= 4 is 62.6 Å². The van der Waals surface area contributed by atoms with Crippen molar-refractivity contribution in [3.8, 4) is 0 Å². The summed E-state index contributed by atoms with van der Waals surface area (Å²) in [6.45, 7) is 4.16. The Bertz CT molecular complexity index is 1440. The number of aromatic nitrogens is 4. The third-order valence-electron chi connectivity index (χ3n) is 5.20. The van der Waals surface area contributed by atoms with E-state index in [-0.39, 0.29) is 24.2 Å². The molecule has 2 heterocycles. The van der Waals surface area contributed by atoms with E-state index in [4.69, 9.17) is 10.1 Å². The molecule has 186 valence electrons. The van der Waals surface area contributed by atoms with Crippen LogP contribution in [0.4, 0.5) is 29.1 Å². The van der Waals surface area contributed by atoms with Crippen LogP contribution >= 0.6 is 12.4 Å². The van der Waals surface area contributed by atoms with E-state index in [9.17, 15) is 8.42 Å². The molecule has 10 nitrogen and oxygen atoms in total. The smallest absolute Gasteiger partial charge is 0.229 e. The quantitative estimate of drug-likeness (QED) is 0.321. The van der Waals surface area contributed by atoms with Gasteiger partial charge < -0.3 is 20.1 Å². The Morgan fingerprint density at radius 2 is 1.89 bits per heavy atom. The molecule has 0 radical (unpaired) electrons. The summed E-state index contributed by atoms with van der Waals surface area (Å²) >= 11 is 0. The van der Waals surface area contributed by atoms with Crippen molar-refractivity contribution < 1.29 is 8.42 Å². The zero-order chi connectivity index (χ0) is 24.5. The fourth-order valence-electron chi connectivity index (χ4n) is 3.61. The highest BCUT2D eigenvalue weighted by Gasteiger charge is 2.13. The minimum Gasteiger partial charge on any atom is -0.353 e. The molecule has 0 saturated heterocycles. The number of primary sulfonamides is 1. The van der Waals surface area contributed by atoms with Gasteiger partial charge in [0.2, 0.25) is 21.9 Å². The summed E-state index contributed by atoms with van der Waals surface area (Å²) in [7, 11) is 0.302. The number of nitrogens with zero attached hydrogens (tertiary/aromatic N) is 5. The van der Waals surface area contributed by atoms with Crippen molar-refractivity contribution in [3.63, 3.8) is 0 Å². The summed E-state index contributed by atoms with van der Waals surface area (Å²) in [5.74, 6) is 1.66. The maximum absolute atomic E-state index is 11.4. The highest BCUT2D eigenvalue weighted by molar-refractivity contribution is 7.88. The lowest BCUT2D eigenvalue weighted by Gasteiger charge is -2.19. The molecule has 2 aromatic heterocycles. The summed E-state index contributed by atoms with van der Waals surface area (Å²) < 4.78 is 24.8.